The Labute approximate surface area is 161 Å². The zero-order chi connectivity index (χ0) is 21.1. The molecule has 2 amide bonds. The van der Waals surface area contributed by atoms with E-state index in [0.29, 0.717) is 5.69 Å². The van der Waals surface area contributed by atoms with Crippen LogP contribution in [0.25, 0.3) is 0 Å². The third-order valence-corrected chi connectivity index (χ3v) is 3.82. The van der Waals surface area contributed by atoms with Crippen LogP contribution in [0.1, 0.15) is 55.4 Å². The van der Waals surface area contributed by atoms with Gasteiger partial charge in [0.15, 0.2) is 5.69 Å². The zero-order valence-corrected chi connectivity index (χ0v) is 16.1. The van der Waals surface area contributed by atoms with Crippen LogP contribution in [0.4, 0.5) is 18.9 Å². The molecule has 9 heteroatoms. The second-order valence-electron chi connectivity index (χ2n) is 6.99. The van der Waals surface area contributed by atoms with E-state index in [1.54, 1.807) is 26.0 Å². The fourth-order valence-electron chi connectivity index (χ4n) is 2.67. The summed E-state index contributed by atoms with van der Waals surface area (Å²) in [5, 5.41) is 8.92. The molecule has 2 rings (SSSR count). The first-order valence-electron chi connectivity index (χ1n) is 8.83. The lowest BCUT2D eigenvalue weighted by Gasteiger charge is -2.15. The molecule has 0 atom stereocenters. The minimum atomic E-state index is -4.71. The van der Waals surface area contributed by atoms with Crippen LogP contribution in [-0.2, 0) is 17.4 Å². The molecule has 1 aromatic carbocycles. The van der Waals surface area contributed by atoms with Gasteiger partial charge in [0.1, 0.15) is 0 Å². The normalized spacial score (nSPS) is 11.8. The Morgan fingerprint density at radius 3 is 2.21 bits per heavy atom. The Morgan fingerprint density at radius 1 is 1.11 bits per heavy atom. The lowest BCUT2D eigenvalue weighted by molar-refractivity contribution is -0.145. The molecule has 0 radical (unpaired) electrons. The Kier molecular flexibility index (Phi) is 6.48. The van der Waals surface area contributed by atoms with E-state index in [1.165, 1.54) is 12.1 Å². The number of anilines is 1. The average molecular weight is 396 g/mol. The molecule has 0 saturated heterocycles. The third-order valence-electron chi connectivity index (χ3n) is 3.82. The summed E-state index contributed by atoms with van der Waals surface area (Å²) in [6.45, 7) is 6.82. The molecule has 0 aliphatic carbocycles. The third kappa shape index (κ3) is 5.34. The highest BCUT2D eigenvalue weighted by Crippen LogP contribution is 2.33. The Morgan fingerprint density at radius 2 is 1.71 bits per heavy atom. The molecule has 0 fully saturated rings. The number of amides is 2. The van der Waals surface area contributed by atoms with Gasteiger partial charge in [-0.2, -0.15) is 18.3 Å². The van der Waals surface area contributed by atoms with Crippen LogP contribution < -0.4 is 10.6 Å². The number of aromatic nitrogens is 2. The van der Waals surface area contributed by atoms with E-state index in [1.807, 2.05) is 13.8 Å². The molecule has 28 heavy (non-hydrogen) atoms. The van der Waals surface area contributed by atoms with Crippen LogP contribution in [0.2, 0.25) is 0 Å². The van der Waals surface area contributed by atoms with Gasteiger partial charge in [0, 0.05) is 17.8 Å². The van der Waals surface area contributed by atoms with Gasteiger partial charge < -0.3 is 10.6 Å². The van der Waals surface area contributed by atoms with Crippen LogP contribution in [0.15, 0.2) is 30.5 Å². The number of halogens is 3. The molecule has 0 spiro atoms. The van der Waals surface area contributed by atoms with Crippen LogP contribution in [-0.4, -0.2) is 27.6 Å². The molecule has 0 aliphatic heterocycles. The van der Waals surface area contributed by atoms with Crippen molar-refractivity contribution in [1.29, 1.82) is 0 Å². The maximum atomic E-state index is 13.4. The molecule has 0 saturated carbocycles. The summed E-state index contributed by atoms with van der Waals surface area (Å²) in [6.07, 6.45) is -3.62. The summed E-state index contributed by atoms with van der Waals surface area (Å²) in [4.78, 5) is 24.1. The standard InChI is InChI=1S/C19H23F3N4O2/c1-11(2)24-16(27)9-13-5-7-14(8-6-13)25-18(28)15-10-23-26(12(3)4)17(15)19(20,21)22/h5-8,10-12H,9H2,1-4H3,(H,24,27)(H,25,28). The van der Waals surface area contributed by atoms with Crippen LogP contribution in [0.5, 0.6) is 0 Å². The highest BCUT2D eigenvalue weighted by Gasteiger charge is 2.40. The Bertz CT molecular complexity index is 840. The first-order valence-corrected chi connectivity index (χ1v) is 8.83. The minimum absolute atomic E-state index is 0.0284. The zero-order valence-electron chi connectivity index (χ0n) is 16.1. The van der Waals surface area contributed by atoms with Crippen molar-refractivity contribution in [2.24, 2.45) is 0 Å². The number of carbonyl (C=O) groups is 2. The van der Waals surface area contributed by atoms with Gasteiger partial charge in [-0.15, -0.1) is 0 Å². The first-order chi connectivity index (χ1) is 13.0. The Balaban J connectivity index is 2.15. The van der Waals surface area contributed by atoms with Gasteiger partial charge in [-0.3, -0.25) is 14.3 Å². The number of benzene rings is 1. The molecule has 2 N–H and O–H groups in total. The van der Waals surface area contributed by atoms with Crippen molar-refractivity contribution < 1.29 is 22.8 Å². The fraction of sp³-hybridized carbons (Fsp3) is 0.421. The molecule has 0 unspecified atom stereocenters. The molecule has 0 aliphatic rings. The predicted molar refractivity (Wildman–Crippen MR) is 99.0 cm³/mol. The number of alkyl halides is 3. The molecule has 1 aromatic heterocycles. The summed E-state index contributed by atoms with van der Waals surface area (Å²) >= 11 is 0. The van der Waals surface area contributed by atoms with Gasteiger partial charge in [0.25, 0.3) is 5.91 Å². The van der Waals surface area contributed by atoms with E-state index >= 15 is 0 Å². The predicted octanol–water partition coefficient (Wildman–Crippen LogP) is 3.80. The van der Waals surface area contributed by atoms with Crippen molar-refractivity contribution in [3.63, 3.8) is 0 Å². The van der Waals surface area contributed by atoms with Crippen molar-refractivity contribution in [3.8, 4) is 0 Å². The topological polar surface area (TPSA) is 76.0 Å². The van der Waals surface area contributed by atoms with Gasteiger partial charge in [-0.25, -0.2) is 0 Å². The Hall–Kier alpha value is -2.84. The average Bonchev–Trinajstić information content (AvgIpc) is 3.01. The van der Waals surface area contributed by atoms with E-state index in [9.17, 15) is 22.8 Å². The lowest BCUT2D eigenvalue weighted by Crippen LogP contribution is -2.31. The summed E-state index contributed by atoms with van der Waals surface area (Å²) in [5.74, 6) is -1.03. The number of nitrogens with one attached hydrogen (secondary N) is 2. The summed E-state index contributed by atoms with van der Waals surface area (Å²) in [7, 11) is 0. The summed E-state index contributed by atoms with van der Waals surface area (Å²) < 4.78 is 40.9. The SMILES string of the molecule is CC(C)NC(=O)Cc1ccc(NC(=O)c2cnn(C(C)C)c2C(F)(F)F)cc1. The summed E-state index contributed by atoms with van der Waals surface area (Å²) in [6, 6.07) is 5.83. The van der Waals surface area contributed by atoms with E-state index in [4.69, 9.17) is 0 Å². The molecule has 6 nitrogen and oxygen atoms in total. The quantitative estimate of drug-likeness (QED) is 0.780. The molecular weight excluding hydrogens is 373 g/mol. The van der Waals surface area contributed by atoms with Crippen molar-refractivity contribution in [2.45, 2.75) is 52.4 Å². The van der Waals surface area contributed by atoms with Gasteiger partial charge in [-0.05, 0) is 45.4 Å². The van der Waals surface area contributed by atoms with Crippen molar-refractivity contribution >= 4 is 17.5 Å². The molecule has 152 valence electrons. The van der Waals surface area contributed by atoms with Gasteiger partial charge in [-0.1, -0.05) is 12.1 Å². The molecule has 1 heterocycles. The fourth-order valence-corrected chi connectivity index (χ4v) is 2.67. The van der Waals surface area contributed by atoms with Crippen LogP contribution in [0, 0.1) is 0 Å². The second kappa shape index (κ2) is 8.45. The maximum Gasteiger partial charge on any atom is 0.433 e. The van der Waals surface area contributed by atoms with E-state index in [0.717, 1.165) is 16.4 Å². The van der Waals surface area contributed by atoms with Gasteiger partial charge >= 0.3 is 6.18 Å². The number of rotatable bonds is 6. The summed E-state index contributed by atoms with van der Waals surface area (Å²) in [5.41, 5.74) is -0.577. The number of nitrogens with zero attached hydrogens (tertiary/aromatic N) is 2. The molecular formula is C19H23F3N4O2. The molecule has 0 bridgehead atoms. The second-order valence-corrected chi connectivity index (χ2v) is 6.99. The van der Waals surface area contributed by atoms with E-state index in [-0.39, 0.29) is 18.4 Å². The van der Waals surface area contributed by atoms with Crippen molar-refractivity contribution in [2.75, 3.05) is 5.32 Å². The number of hydrogen-bond donors (Lipinski definition) is 2. The van der Waals surface area contributed by atoms with E-state index < -0.39 is 29.4 Å². The van der Waals surface area contributed by atoms with Gasteiger partial charge in [0.05, 0.1) is 18.2 Å². The maximum absolute atomic E-state index is 13.4. The van der Waals surface area contributed by atoms with Gasteiger partial charge in [0.2, 0.25) is 5.91 Å². The lowest BCUT2D eigenvalue weighted by atomic mass is 10.1. The van der Waals surface area contributed by atoms with Crippen LogP contribution >= 0.6 is 0 Å². The highest BCUT2D eigenvalue weighted by atomic mass is 19.4. The molecule has 2 aromatic rings. The number of carbonyl (C=O) groups excluding carboxylic acids is 2. The smallest absolute Gasteiger partial charge is 0.354 e. The van der Waals surface area contributed by atoms with E-state index in [2.05, 4.69) is 15.7 Å². The highest BCUT2D eigenvalue weighted by molar-refractivity contribution is 6.05. The monoisotopic (exact) mass is 396 g/mol. The first kappa shape index (κ1) is 21.5. The van der Waals surface area contributed by atoms with Crippen LogP contribution in [0.3, 0.4) is 0 Å². The largest absolute Gasteiger partial charge is 0.433 e. The minimum Gasteiger partial charge on any atom is -0.354 e. The van der Waals surface area contributed by atoms with Crippen molar-refractivity contribution in [3.05, 3.63) is 47.3 Å². The number of hydrogen-bond acceptors (Lipinski definition) is 3. The van der Waals surface area contributed by atoms with Crippen molar-refractivity contribution in [1.82, 2.24) is 15.1 Å².